The zero-order valence-corrected chi connectivity index (χ0v) is 9.97. The second-order valence-corrected chi connectivity index (χ2v) is 3.90. The SMILES string of the molecule is CC(C)C(=O)NNC(=O)c1ccc([N+](=O)[O-])cc1. The molecule has 1 rings (SSSR count). The number of nitro benzene ring substituents is 1. The number of nitro groups is 1. The van der Waals surface area contributed by atoms with Crippen molar-refractivity contribution < 1.29 is 14.5 Å². The summed E-state index contributed by atoms with van der Waals surface area (Å²) in [5, 5.41) is 10.4. The summed E-state index contributed by atoms with van der Waals surface area (Å²) in [6, 6.07) is 5.07. The highest BCUT2D eigenvalue weighted by Gasteiger charge is 2.11. The van der Waals surface area contributed by atoms with E-state index in [1.54, 1.807) is 13.8 Å². The molecule has 0 aliphatic heterocycles. The number of hydrazine groups is 1. The summed E-state index contributed by atoms with van der Waals surface area (Å²) in [6.07, 6.45) is 0. The van der Waals surface area contributed by atoms with Crippen LogP contribution in [0.5, 0.6) is 0 Å². The van der Waals surface area contributed by atoms with E-state index >= 15 is 0 Å². The molecule has 18 heavy (non-hydrogen) atoms. The van der Waals surface area contributed by atoms with Gasteiger partial charge in [0.25, 0.3) is 11.6 Å². The fourth-order valence-electron chi connectivity index (χ4n) is 1.07. The van der Waals surface area contributed by atoms with Crippen molar-refractivity contribution >= 4 is 17.5 Å². The summed E-state index contributed by atoms with van der Waals surface area (Å²) in [7, 11) is 0. The number of benzene rings is 1. The third-order valence-corrected chi connectivity index (χ3v) is 2.16. The monoisotopic (exact) mass is 251 g/mol. The number of hydrogen-bond acceptors (Lipinski definition) is 4. The normalized spacial score (nSPS) is 9.94. The first kappa shape index (κ1) is 13.6. The van der Waals surface area contributed by atoms with Crippen LogP contribution in [-0.4, -0.2) is 16.7 Å². The molecule has 0 atom stereocenters. The van der Waals surface area contributed by atoms with E-state index in [0.717, 1.165) is 0 Å². The molecule has 2 N–H and O–H groups in total. The van der Waals surface area contributed by atoms with E-state index in [4.69, 9.17) is 0 Å². The minimum absolute atomic E-state index is 0.0993. The molecule has 0 bridgehead atoms. The molecular weight excluding hydrogens is 238 g/mol. The van der Waals surface area contributed by atoms with Gasteiger partial charge >= 0.3 is 0 Å². The largest absolute Gasteiger partial charge is 0.273 e. The maximum absolute atomic E-state index is 11.6. The van der Waals surface area contributed by atoms with E-state index in [2.05, 4.69) is 10.9 Å². The van der Waals surface area contributed by atoms with Crippen LogP contribution in [0.15, 0.2) is 24.3 Å². The van der Waals surface area contributed by atoms with Crippen LogP contribution >= 0.6 is 0 Å². The van der Waals surface area contributed by atoms with E-state index in [1.807, 2.05) is 0 Å². The van der Waals surface area contributed by atoms with Crippen LogP contribution in [0.2, 0.25) is 0 Å². The van der Waals surface area contributed by atoms with Gasteiger partial charge in [0.1, 0.15) is 0 Å². The van der Waals surface area contributed by atoms with Crippen LogP contribution in [0.1, 0.15) is 24.2 Å². The second-order valence-electron chi connectivity index (χ2n) is 3.90. The lowest BCUT2D eigenvalue weighted by Crippen LogP contribution is -2.43. The first-order valence-electron chi connectivity index (χ1n) is 5.26. The van der Waals surface area contributed by atoms with Gasteiger partial charge in [0, 0.05) is 23.6 Å². The number of rotatable bonds is 3. The summed E-state index contributed by atoms with van der Waals surface area (Å²) >= 11 is 0. The van der Waals surface area contributed by atoms with Crippen LogP contribution in [0.4, 0.5) is 5.69 Å². The van der Waals surface area contributed by atoms with Gasteiger partial charge in [-0.2, -0.15) is 0 Å². The fraction of sp³-hybridized carbons (Fsp3) is 0.273. The van der Waals surface area contributed by atoms with E-state index < -0.39 is 10.8 Å². The Morgan fingerprint density at radius 1 is 1.17 bits per heavy atom. The Bertz CT molecular complexity index is 468. The molecule has 0 aliphatic carbocycles. The highest BCUT2D eigenvalue weighted by Crippen LogP contribution is 2.11. The molecule has 0 aliphatic rings. The fourth-order valence-corrected chi connectivity index (χ4v) is 1.07. The summed E-state index contributed by atoms with van der Waals surface area (Å²) < 4.78 is 0. The first-order chi connectivity index (χ1) is 8.41. The first-order valence-corrected chi connectivity index (χ1v) is 5.26. The molecule has 96 valence electrons. The summed E-state index contributed by atoms with van der Waals surface area (Å²) in [6.45, 7) is 3.38. The predicted octanol–water partition coefficient (Wildman–Crippen LogP) is 1.01. The van der Waals surface area contributed by atoms with Crippen molar-refractivity contribution in [2.45, 2.75) is 13.8 Å². The molecule has 0 saturated carbocycles. The van der Waals surface area contributed by atoms with Crippen molar-refractivity contribution in [3.05, 3.63) is 39.9 Å². The molecule has 0 heterocycles. The molecule has 0 unspecified atom stereocenters. The maximum Gasteiger partial charge on any atom is 0.269 e. The van der Waals surface area contributed by atoms with Crippen LogP contribution in [0.3, 0.4) is 0 Å². The van der Waals surface area contributed by atoms with Crippen molar-refractivity contribution in [1.29, 1.82) is 0 Å². The molecule has 1 aromatic rings. The third-order valence-electron chi connectivity index (χ3n) is 2.16. The van der Waals surface area contributed by atoms with Gasteiger partial charge in [0.05, 0.1) is 4.92 Å². The van der Waals surface area contributed by atoms with Crippen LogP contribution in [-0.2, 0) is 4.79 Å². The van der Waals surface area contributed by atoms with Crippen molar-refractivity contribution in [3.8, 4) is 0 Å². The van der Waals surface area contributed by atoms with Crippen molar-refractivity contribution in [2.24, 2.45) is 5.92 Å². The van der Waals surface area contributed by atoms with Gasteiger partial charge in [-0.1, -0.05) is 13.8 Å². The number of amides is 2. The van der Waals surface area contributed by atoms with Gasteiger partial charge in [-0.05, 0) is 12.1 Å². The van der Waals surface area contributed by atoms with Crippen molar-refractivity contribution in [2.75, 3.05) is 0 Å². The van der Waals surface area contributed by atoms with Crippen molar-refractivity contribution in [1.82, 2.24) is 10.9 Å². The van der Waals surface area contributed by atoms with E-state index in [1.165, 1.54) is 24.3 Å². The number of carbonyl (C=O) groups is 2. The Morgan fingerprint density at radius 3 is 2.17 bits per heavy atom. The Labute approximate surface area is 103 Å². The predicted molar refractivity (Wildman–Crippen MR) is 63.5 cm³/mol. The number of hydrogen-bond donors (Lipinski definition) is 2. The number of carbonyl (C=O) groups excluding carboxylic acids is 2. The number of nitrogens with zero attached hydrogens (tertiary/aromatic N) is 1. The minimum atomic E-state index is -0.553. The number of non-ortho nitro benzene ring substituents is 1. The standard InChI is InChI=1S/C11H13N3O4/c1-7(2)10(15)12-13-11(16)8-3-5-9(6-4-8)14(17)18/h3-7H,1-2H3,(H,12,15)(H,13,16). The maximum atomic E-state index is 11.6. The zero-order valence-electron chi connectivity index (χ0n) is 9.97. The highest BCUT2D eigenvalue weighted by atomic mass is 16.6. The molecule has 2 amide bonds. The quantitative estimate of drug-likeness (QED) is 0.618. The summed E-state index contributed by atoms with van der Waals surface area (Å²) in [5.41, 5.74) is 4.59. The van der Waals surface area contributed by atoms with Gasteiger partial charge in [-0.3, -0.25) is 30.6 Å². The lowest BCUT2D eigenvalue weighted by atomic mass is 10.2. The zero-order chi connectivity index (χ0) is 13.7. The molecule has 0 saturated heterocycles. The average Bonchev–Trinajstić information content (AvgIpc) is 2.35. The summed E-state index contributed by atoms with van der Waals surface area (Å²) in [5.74, 6) is -1.09. The molecule has 1 aromatic carbocycles. The molecule has 7 heteroatoms. The molecule has 0 radical (unpaired) electrons. The Hall–Kier alpha value is -2.44. The Morgan fingerprint density at radius 2 is 1.72 bits per heavy atom. The molecule has 7 nitrogen and oxygen atoms in total. The van der Waals surface area contributed by atoms with Gasteiger partial charge in [0.15, 0.2) is 0 Å². The topological polar surface area (TPSA) is 101 Å². The Balaban J connectivity index is 2.62. The molecule has 0 fully saturated rings. The second kappa shape index (κ2) is 5.76. The van der Waals surface area contributed by atoms with Crippen LogP contribution < -0.4 is 10.9 Å². The molecular formula is C11H13N3O4. The van der Waals surface area contributed by atoms with Gasteiger partial charge in [-0.25, -0.2) is 0 Å². The minimum Gasteiger partial charge on any atom is -0.273 e. The van der Waals surface area contributed by atoms with Gasteiger partial charge < -0.3 is 0 Å². The number of nitrogens with one attached hydrogen (secondary N) is 2. The van der Waals surface area contributed by atoms with E-state index in [9.17, 15) is 19.7 Å². The molecule has 0 spiro atoms. The van der Waals surface area contributed by atoms with E-state index in [-0.39, 0.29) is 23.1 Å². The van der Waals surface area contributed by atoms with E-state index in [0.29, 0.717) is 0 Å². The highest BCUT2D eigenvalue weighted by molar-refractivity contribution is 5.95. The lowest BCUT2D eigenvalue weighted by molar-refractivity contribution is -0.384. The smallest absolute Gasteiger partial charge is 0.269 e. The molecule has 0 aromatic heterocycles. The Kier molecular flexibility index (Phi) is 4.36. The van der Waals surface area contributed by atoms with Gasteiger partial charge in [-0.15, -0.1) is 0 Å². The van der Waals surface area contributed by atoms with Crippen molar-refractivity contribution in [3.63, 3.8) is 0 Å². The average molecular weight is 251 g/mol. The summed E-state index contributed by atoms with van der Waals surface area (Å²) in [4.78, 5) is 32.6. The van der Waals surface area contributed by atoms with Gasteiger partial charge in [0.2, 0.25) is 5.91 Å². The van der Waals surface area contributed by atoms with Crippen LogP contribution in [0.25, 0.3) is 0 Å². The van der Waals surface area contributed by atoms with Crippen LogP contribution in [0, 0.1) is 16.0 Å². The third kappa shape index (κ3) is 3.55. The lowest BCUT2D eigenvalue weighted by Gasteiger charge is -2.08.